The number of hydrogen-bond donors (Lipinski definition) is 0. The normalized spacial score (nSPS) is 35.4. The molecule has 2 rings (SSSR count). The van der Waals surface area contributed by atoms with Crippen LogP contribution in [0.1, 0.15) is 58.3 Å². The predicted molar refractivity (Wildman–Crippen MR) is 76.0 cm³/mol. The summed E-state index contributed by atoms with van der Waals surface area (Å²) < 4.78 is 0. The van der Waals surface area contributed by atoms with Crippen molar-refractivity contribution in [2.24, 2.45) is 16.1 Å². The first-order chi connectivity index (χ1) is 8.66. The largest absolute Gasteiger partial charge is 0.306 e. The van der Waals surface area contributed by atoms with Crippen LogP contribution in [0, 0.1) is 5.92 Å². The topological polar surface area (TPSA) is 28.0 Å². The Kier molecular flexibility index (Phi) is 5.16. The standard InChI is InChI=1S/C15H29N3/c1-12-11-14(18(2)3)9-10-15(12)17-16-13-7-5-4-6-8-13/h12-15H,4-11H2,1-3H3. The first-order valence-electron chi connectivity index (χ1n) is 7.73. The lowest BCUT2D eigenvalue weighted by atomic mass is 9.83. The lowest BCUT2D eigenvalue weighted by Crippen LogP contribution is -2.37. The van der Waals surface area contributed by atoms with Crippen LogP contribution >= 0.6 is 0 Å². The first-order valence-corrected chi connectivity index (χ1v) is 7.73. The zero-order valence-electron chi connectivity index (χ0n) is 12.3. The molecule has 0 radical (unpaired) electrons. The van der Waals surface area contributed by atoms with Crippen molar-refractivity contribution >= 4 is 0 Å². The van der Waals surface area contributed by atoms with E-state index in [1.165, 1.54) is 51.4 Å². The second-order valence-electron chi connectivity index (χ2n) is 6.50. The van der Waals surface area contributed by atoms with Crippen LogP contribution in [0.3, 0.4) is 0 Å². The van der Waals surface area contributed by atoms with Crippen LogP contribution in [0.5, 0.6) is 0 Å². The summed E-state index contributed by atoms with van der Waals surface area (Å²) in [7, 11) is 4.39. The highest BCUT2D eigenvalue weighted by Gasteiger charge is 2.28. The van der Waals surface area contributed by atoms with E-state index in [9.17, 15) is 0 Å². The van der Waals surface area contributed by atoms with Crippen molar-refractivity contribution < 1.29 is 0 Å². The third kappa shape index (κ3) is 3.78. The van der Waals surface area contributed by atoms with Gasteiger partial charge >= 0.3 is 0 Å². The fourth-order valence-electron chi connectivity index (χ4n) is 3.37. The van der Waals surface area contributed by atoms with Crippen molar-refractivity contribution in [2.45, 2.75) is 76.4 Å². The van der Waals surface area contributed by atoms with Gasteiger partial charge in [0.1, 0.15) is 0 Å². The lowest BCUT2D eigenvalue weighted by Gasteiger charge is -2.35. The van der Waals surface area contributed by atoms with Crippen LogP contribution in [-0.4, -0.2) is 37.1 Å². The Labute approximate surface area is 112 Å². The Morgan fingerprint density at radius 3 is 2.22 bits per heavy atom. The van der Waals surface area contributed by atoms with Gasteiger partial charge in [-0.05, 0) is 52.1 Å². The van der Waals surface area contributed by atoms with Gasteiger partial charge in [0.05, 0.1) is 12.1 Å². The molecule has 3 heteroatoms. The molecule has 0 N–H and O–H groups in total. The van der Waals surface area contributed by atoms with Gasteiger partial charge in [-0.25, -0.2) is 0 Å². The van der Waals surface area contributed by atoms with Crippen LogP contribution in [0.25, 0.3) is 0 Å². The van der Waals surface area contributed by atoms with Gasteiger partial charge < -0.3 is 4.90 Å². The van der Waals surface area contributed by atoms with Crippen molar-refractivity contribution in [3.8, 4) is 0 Å². The van der Waals surface area contributed by atoms with Crippen molar-refractivity contribution in [3.05, 3.63) is 0 Å². The molecular weight excluding hydrogens is 222 g/mol. The monoisotopic (exact) mass is 251 g/mol. The molecule has 3 nitrogen and oxygen atoms in total. The van der Waals surface area contributed by atoms with Crippen LogP contribution in [0.4, 0.5) is 0 Å². The van der Waals surface area contributed by atoms with Crippen molar-refractivity contribution in [1.29, 1.82) is 0 Å². The van der Waals surface area contributed by atoms with E-state index < -0.39 is 0 Å². The van der Waals surface area contributed by atoms with Crippen molar-refractivity contribution in [2.75, 3.05) is 14.1 Å². The number of hydrogen-bond acceptors (Lipinski definition) is 3. The van der Waals surface area contributed by atoms with Crippen LogP contribution in [-0.2, 0) is 0 Å². The Morgan fingerprint density at radius 1 is 0.889 bits per heavy atom. The third-order valence-electron chi connectivity index (χ3n) is 4.78. The van der Waals surface area contributed by atoms with Gasteiger partial charge in [0, 0.05) is 6.04 Å². The molecule has 2 fully saturated rings. The summed E-state index contributed by atoms with van der Waals surface area (Å²) in [5, 5.41) is 9.33. The minimum absolute atomic E-state index is 0.489. The minimum atomic E-state index is 0.489. The molecular formula is C15H29N3. The number of rotatable bonds is 3. The zero-order chi connectivity index (χ0) is 13.0. The smallest absolute Gasteiger partial charge is 0.0735 e. The molecule has 0 saturated heterocycles. The predicted octanol–water partition coefficient (Wildman–Crippen LogP) is 3.89. The van der Waals surface area contributed by atoms with Gasteiger partial charge in [0.25, 0.3) is 0 Å². The zero-order valence-corrected chi connectivity index (χ0v) is 12.3. The van der Waals surface area contributed by atoms with Crippen LogP contribution < -0.4 is 0 Å². The van der Waals surface area contributed by atoms with E-state index in [1.54, 1.807) is 0 Å². The molecule has 2 aliphatic rings. The highest BCUT2D eigenvalue weighted by Crippen LogP contribution is 2.30. The molecule has 2 aliphatic carbocycles. The summed E-state index contributed by atoms with van der Waals surface area (Å²) in [6, 6.07) is 1.78. The molecule has 104 valence electrons. The van der Waals surface area contributed by atoms with E-state index in [-0.39, 0.29) is 0 Å². The summed E-state index contributed by atoms with van der Waals surface area (Å²) in [5.74, 6) is 0.693. The Balaban J connectivity index is 1.81. The van der Waals surface area contributed by atoms with Crippen molar-refractivity contribution in [1.82, 2.24) is 4.90 Å². The summed E-state index contributed by atoms with van der Waals surface area (Å²) in [5.41, 5.74) is 0. The molecule has 0 heterocycles. The molecule has 0 spiro atoms. The summed E-state index contributed by atoms with van der Waals surface area (Å²) in [6.07, 6.45) is 10.4. The number of azo groups is 1. The summed E-state index contributed by atoms with van der Waals surface area (Å²) in [6.45, 7) is 2.35. The van der Waals surface area contributed by atoms with E-state index in [0.29, 0.717) is 18.0 Å². The lowest BCUT2D eigenvalue weighted by molar-refractivity contribution is 0.173. The maximum Gasteiger partial charge on any atom is 0.0735 e. The molecule has 0 aromatic rings. The molecule has 0 aromatic heterocycles. The molecule has 2 saturated carbocycles. The molecule has 18 heavy (non-hydrogen) atoms. The Morgan fingerprint density at radius 2 is 1.61 bits per heavy atom. The second kappa shape index (κ2) is 6.65. The summed E-state index contributed by atoms with van der Waals surface area (Å²) in [4.78, 5) is 2.37. The van der Waals surface area contributed by atoms with Crippen LogP contribution in [0.2, 0.25) is 0 Å². The van der Waals surface area contributed by atoms with E-state index in [1.807, 2.05) is 0 Å². The highest BCUT2D eigenvalue weighted by molar-refractivity contribution is 4.85. The SMILES string of the molecule is CC1CC(N(C)C)CCC1N=NC1CCCCC1. The molecule has 3 unspecified atom stereocenters. The average molecular weight is 251 g/mol. The second-order valence-corrected chi connectivity index (χ2v) is 6.50. The van der Waals surface area contributed by atoms with E-state index in [2.05, 4.69) is 36.1 Å². The molecule has 0 bridgehead atoms. The van der Waals surface area contributed by atoms with Gasteiger partial charge in [-0.2, -0.15) is 10.2 Å². The van der Waals surface area contributed by atoms with Gasteiger partial charge in [0.2, 0.25) is 0 Å². The first kappa shape index (κ1) is 14.0. The van der Waals surface area contributed by atoms with Gasteiger partial charge in [-0.15, -0.1) is 0 Å². The Hall–Kier alpha value is -0.440. The molecule has 0 aromatic carbocycles. The molecule has 3 atom stereocenters. The maximum absolute atomic E-state index is 4.69. The maximum atomic E-state index is 4.69. The van der Waals surface area contributed by atoms with E-state index in [0.717, 1.165) is 6.04 Å². The van der Waals surface area contributed by atoms with E-state index >= 15 is 0 Å². The van der Waals surface area contributed by atoms with Crippen LogP contribution in [0.15, 0.2) is 10.2 Å². The Bertz CT molecular complexity index is 269. The van der Waals surface area contributed by atoms with Gasteiger partial charge in [0.15, 0.2) is 0 Å². The van der Waals surface area contributed by atoms with Gasteiger partial charge in [-0.1, -0.05) is 26.2 Å². The van der Waals surface area contributed by atoms with E-state index in [4.69, 9.17) is 0 Å². The number of nitrogens with zero attached hydrogens (tertiary/aromatic N) is 3. The average Bonchev–Trinajstić information content (AvgIpc) is 2.38. The quantitative estimate of drug-likeness (QED) is 0.699. The fraction of sp³-hybridized carbons (Fsp3) is 1.00. The van der Waals surface area contributed by atoms with Crippen molar-refractivity contribution in [3.63, 3.8) is 0 Å². The highest BCUT2D eigenvalue weighted by atomic mass is 15.2. The fourth-order valence-corrected chi connectivity index (χ4v) is 3.37. The molecule has 0 amide bonds. The minimum Gasteiger partial charge on any atom is -0.306 e. The third-order valence-corrected chi connectivity index (χ3v) is 4.78. The molecule has 0 aliphatic heterocycles. The summed E-state index contributed by atoms with van der Waals surface area (Å²) >= 11 is 0. The van der Waals surface area contributed by atoms with Gasteiger partial charge in [-0.3, -0.25) is 0 Å².